The van der Waals surface area contributed by atoms with E-state index in [4.69, 9.17) is 28.4 Å². The van der Waals surface area contributed by atoms with Crippen LogP contribution in [0.1, 0.15) is 59.5 Å². The normalized spacial score (nSPS) is 18.5. The molecule has 0 radical (unpaired) electrons. The van der Waals surface area contributed by atoms with Gasteiger partial charge in [0.15, 0.2) is 0 Å². The maximum Gasteiger partial charge on any atom is 0.310 e. The van der Waals surface area contributed by atoms with Crippen LogP contribution in [-0.4, -0.2) is 171 Å². The molecule has 8 amide bonds. The molecule has 0 saturated carbocycles. The van der Waals surface area contributed by atoms with Gasteiger partial charge in [0.25, 0.3) is 41.2 Å². The molecule has 6 N–H and O–H groups in total. The van der Waals surface area contributed by atoms with Crippen molar-refractivity contribution in [1.29, 1.82) is 0 Å². The Kier molecular flexibility index (Phi) is 25.3. The lowest BCUT2D eigenvalue weighted by molar-refractivity contribution is -0.168. The minimum Gasteiger partial charge on any atom is -0.496 e. The van der Waals surface area contributed by atoms with Crippen molar-refractivity contribution in [3.05, 3.63) is 180 Å². The third kappa shape index (κ3) is 17.3. The average molecular weight is 1320 g/mol. The van der Waals surface area contributed by atoms with Crippen LogP contribution in [0.2, 0.25) is 0 Å². The van der Waals surface area contributed by atoms with E-state index in [0.29, 0.717) is 0 Å². The molecule has 6 atom stereocenters. The molecule has 2 fully saturated rings. The van der Waals surface area contributed by atoms with Gasteiger partial charge < -0.3 is 69.7 Å². The number of ketones is 2. The second-order valence-electron chi connectivity index (χ2n) is 21.3. The van der Waals surface area contributed by atoms with E-state index in [1.807, 2.05) is 60.7 Å². The van der Waals surface area contributed by atoms with Crippen LogP contribution in [-0.2, 0) is 80.1 Å². The van der Waals surface area contributed by atoms with Gasteiger partial charge in [-0.2, -0.15) is 0 Å². The van der Waals surface area contributed by atoms with Gasteiger partial charge >= 0.3 is 11.9 Å². The molecule has 96 heavy (non-hydrogen) atoms. The first-order valence-electron chi connectivity index (χ1n) is 29.3. The van der Waals surface area contributed by atoms with E-state index >= 15 is 0 Å². The number of hydrogen-bond donors (Lipinski definition) is 6. The minimum atomic E-state index is -1.55. The van der Waals surface area contributed by atoms with Crippen molar-refractivity contribution < 1.29 is 96.2 Å². The molecule has 0 spiro atoms. The summed E-state index contributed by atoms with van der Waals surface area (Å²) in [6.07, 6.45) is -2.50. The van der Waals surface area contributed by atoms with E-state index in [9.17, 15) is 67.7 Å². The van der Waals surface area contributed by atoms with Gasteiger partial charge in [0.05, 0.1) is 76.1 Å². The molecule has 4 aliphatic heterocycles. The summed E-state index contributed by atoms with van der Waals surface area (Å²) in [4.78, 5) is 162. The number of methoxy groups -OCH3 is 2. The van der Waals surface area contributed by atoms with E-state index < -0.39 is 147 Å². The molecule has 6 aromatic rings. The highest BCUT2D eigenvalue weighted by Crippen LogP contribution is 2.36. The van der Waals surface area contributed by atoms with Crippen LogP contribution in [0.25, 0.3) is 0 Å². The summed E-state index contributed by atoms with van der Waals surface area (Å²) >= 11 is 0. The van der Waals surface area contributed by atoms with Gasteiger partial charge in [-0.25, -0.2) is 0 Å². The van der Waals surface area contributed by atoms with Gasteiger partial charge in [-0.15, -0.1) is 0 Å². The third-order valence-corrected chi connectivity index (χ3v) is 15.1. The Morgan fingerprint density at radius 2 is 0.833 bits per heavy atom. The van der Waals surface area contributed by atoms with E-state index in [2.05, 4.69) is 21.3 Å². The van der Waals surface area contributed by atoms with Crippen molar-refractivity contribution in [2.45, 2.75) is 77.7 Å². The molecule has 28 nitrogen and oxygen atoms in total. The maximum atomic E-state index is 14.1. The van der Waals surface area contributed by atoms with Crippen LogP contribution < -0.4 is 50.3 Å². The van der Waals surface area contributed by atoms with Crippen LogP contribution >= 0.6 is 0 Å². The molecule has 0 bridgehead atoms. The number of amides is 8. The first kappa shape index (κ1) is 72.2. The van der Waals surface area contributed by atoms with E-state index in [1.54, 1.807) is 48.5 Å². The number of ether oxygens (including phenoxy) is 6. The van der Waals surface area contributed by atoms with Crippen molar-refractivity contribution in [3.63, 3.8) is 0 Å². The topological polar surface area (TPSA) is 362 Å². The lowest BCUT2D eigenvalue weighted by Crippen LogP contribution is -2.56. The van der Waals surface area contributed by atoms with Gasteiger partial charge in [-0.05, 0) is 47.5 Å². The largest absolute Gasteiger partial charge is 0.496 e. The number of benzene rings is 6. The summed E-state index contributed by atoms with van der Waals surface area (Å²) in [7, 11) is 2.62. The van der Waals surface area contributed by atoms with Gasteiger partial charge in [-0.1, -0.05) is 136 Å². The number of nitrogens with zero attached hydrogens (tertiary/aromatic N) is 4. The van der Waals surface area contributed by atoms with E-state index in [1.165, 1.54) is 62.8 Å². The van der Waals surface area contributed by atoms with Crippen molar-refractivity contribution in [2.24, 2.45) is 0 Å². The summed E-state index contributed by atoms with van der Waals surface area (Å²) in [6.45, 7) is -3.68. The third-order valence-electron chi connectivity index (χ3n) is 15.1. The second kappa shape index (κ2) is 33.6. The van der Waals surface area contributed by atoms with Crippen LogP contribution in [0, 0.1) is 0 Å². The predicted octanol–water partition coefficient (Wildman–Crippen LogP) is 2.69. The molecule has 0 aromatic heterocycles. The summed E-state index contributed by atoms with van der Waals surface area (Å²) in [6, 6.07) is 38.2. The number of hydrogen-bond acceptors (Lipinski definition) is 20. The monoisotopic (exact) mass is 1320 g/mol. The minimum absolute atomic E-state index is 0. The molecule has 4 heterocycles. The number of aliphatic hydroxyl groups excluding tert-OH is 2. The zero-order valence-electron chi connectivity index (χ0n) is 50.6. The fourth-order valence-corrected chi connectivity index (χ4v) is 10.6. The summed E-state index contributed by atoms with van der Waals surface area (Å²) in [5.41, 5.74) is 2.20. The Labute approximate surface area is 551 Å². The number of carbonyl (C=O) groups is 12. The van der Waals surface area contributed by atoms with Gasteiger partial charge in [0.2, 0.25) is 30.2 Å². The molecular formula is C68H72N8O20. The fraction of sp³-hybridized carbons (Fsp3) is 0.294. The lowest BCUT2D eigenvalue weighted by atomic mass is 10.1. The molecule has 504 valence electrons. The number of rotatable bonds is 22. The zero-order chi connectivity index (χ0) is 67.0. The van der Waals surface area contributed by atoms with E-state index in [0.717, 1.165) is 30.7 Å². The molecular weight excluding hydrogens is 1250 g/mol. The molecule has 2 unspecified atom stereocenters. The number of para-hydroxylation sites is 4. The van der Waals surface area contributed by atoms with Crippen LogP contribution in [0.15, 0.2) is 158 Å². The number of anilines is 4. The standard InChI is InChI=1S/C34H34N4O11.C32H30N4O9.2CH4/c1-46-25-13-8-14-26(47-2)30(25)31(43)32(44)36-22-16-37(28(41)18-39)23-11-6-7-12-24(23)38(33(22)45)17-27(40)35-21-15-29(42)49-34(21)48-19-20-9-4-3-5-10-20;37-18-27(39)35-16-23(34-30(42)29(41)21-11-5-2-6-12-21)31(43)36(25-14-8-7-13-24(25)35)17-26(38)33-22-15-28(40)45-32(22)44-19-20-9-3-1-4-10-20;;/h3-14,21-22,34,39H,15-19H2,1-2H3,(H,35,40)(H,36,44);1-14,22-23,32,37H,15-19H2,(H,33,38)(H,34,42);2*1H4/t21-,22-,34?;22-,23-,32?;;/m00../s1. The summed E-state index contributed by atoms with van der Waals surface area (Å²) in [5.74, 6) is -9.92. The zero-order valence-corrected chi connectivity index (χ0v) is 50.6. The molecule has 4 aliphatic rings. The van der Waals surface area contributed by atoms with Crippen LogP contribution in [0.5, 0.6) is 11.5 Å². The highest BCUT2D eigenvalue weighted by Gasteiger charge is 2.44. The quantitative estimate of drug-likeness (QED) is 0.0323. The summed E-state index contributed by atoms with van der Waals surface area (Å²) < 4.78 is 32.5. The average Bonchev–Trinajstić information content (AvgIpc) is 1.61. The number of carbonyl (C=O) groups excluding carboxylic acids is 12. The maximum absolute atomic E-state index is 14.1. The van der Waals surface area contributed by atoms with E-state index in [-0.39, 0.29) is 86.3 Å². The Bertz CT molecular complexity index is 3820. The number of Topliss-reactive ketones (excluding diaryl/α,β-unsaturated/α-hetero) is 2. The number of fused-ring (bicyclic) bond motifs is 2. The molecule has 10 rings (SSSR count). The van der Waals surface area contributed by atoms with Gasteiger partial charge in [-0.3, -0.25) is 67.3 Å². The lowest BCUT2D eigenvalue weighted by Gasteiger charge is -2.26. The van der Waals surface area contributed by atoms with Gasteiger partial charge in [0.1, 0.15) is 67.5 Å². The van der Waals surface area contributed by atoms with Gasteiger partial charge in [0, 0.05) is 5.56 Å². The Morgan fingerprint density at radius 1 is 0.469 bits per heavy atom. The fourth-order valence-electron chi connectivity index (χ4n) is 10.6. The Balaban J connectivity index is 0.000000266. The highest BCUT2D eigenvalue weighted by atomic mass is 16.7. The van der Waals surface area contributed by atoms with Crippen LogP contribution in [0.4, 0.5) is 22.7 Å². The molecule has 28 heteroatoms. The number of esters is 2. The van der Waals surface area contributed by atoms with Crippen molar-refractivity contribution in [2.75, 3.05) is 73.2 Å². The number of nitrogens with one attached hydrogen (secondary N) is 4. The number of aliphatic hydroxyl groups is 2. The molecule has 2 saturated heterocycles. The first-order chi connectivity index (χ1) is 45.4. The smallest absolute Gasteiger partial charge is 0.310 e. The number of cyclic esters (lactones) is 2. The Hall–Kier alpha value is -11.2. The Morgan fingerprint density at radius 3 is 1.22 bits per heavy atom. The highest BCUT2D eigenvalue weighted by molar-refractivity contribution is 6.44. The van der Waals surface area contributed by atoms with Crippen molar-refractivity contribution >= 4 is 93.5 Å². The SMILES string of the molecule is C.C.COc1cccc(OC)c1C(=O)C(=O)N[C@H]1CN(C(=O)CO)c2ccccc2N(CC(=O)N[C@H]2CC(=O)OC2OCc2ccccc2)C1=O.O=C(CN1C(=O)[C@@H](NC(=O)C(=O)c2ccccc2)CN(C(=O)CO)c2ccccc21)N[C@H]1CC(=O)OC1OCc1ccccc1. The second-order valence-corrected chi connectivity index (χ2v) is 21.3. The van der Waals surface area contributed by atoms with Crippen molar-refractivity contribution in [1.82, 2.24) is 21.3 Å². The molecule has 0 aliphatic carbocycles. The van der Waals surface area contributed by atoms with Crippen LogP contribution in [0.3, 0.4) is 0 Å². The van der Waals surface area contributed by atoms with Crippen molar-refractivity contribution in [3.8, 4) is 11.5 Å². The summed E-state index contributed by atoms with van der Waals surface area (Å²) in [5, 5.41) is 29.6. The molecule has 6 aromatic carbocycles. The predicted molar refractivity (Wildman–Crippen MR) is 344 cm³/mol. The first-order valence-corrected chi connectivity index (χ1v) is 29.3.